The lowest BCUT2D eigenvalue weighted by Crippen LogP contribution is -2.33. The highest BCUT2D eigenvalue weighted by atomic mass is 16.5. The Labute approximate surface area is 131 Å². The maximum Gasteiger partial charge on any atom is 0.337 e. The molecule has 116 valence electrons. The Morgan fingerprint density at radius 3 is 2.95 bits per heavy atom. The molecule has 3 nitrogen and oxygen atoms in total. The van der Waals surface area contributed by atoms with Gasteiger partial charge in [-0.3, -0.25) is 4.79 Å². The van der Waals surface area contributed by atoms with E-state index in [1.54, 1.807) is 6.07 Å². The molecule has 22 heavy (non-hydrogen) atoms. The monoisotopic (exact) mass is 298 g/mol. The summed E-state index contributed by atoms with van der Waals surface area (Å²) in [6.45, 7) is 2.23. The van der Waals surface area contributed by atoms with Gasteiger partial charge in [-0.2, -0.15) is 0 Å². The molecule has 2 aliphatic carbocycles. The Kier molecular flexibility index (Phi) is 3.90. The zero-order valence-electron chi connectivity index (χ0n) is 13.2. The fraction of sp³-hybridized carbons (Fsp3) is 0.474. The Balaban J connectivity index is 1.92. The number of fused-ring (bicyclic) bond motifs is 1. The van der Waals surface area contributed by atoms with E-state index in [0.29, 0.717) is 11.3 Å². The molecule has 0 bridgehead atoms. The van der Waals surface area contributed by atoms with Gasteiger partial charge in [0.25, 0.3) is 0 Å². The van der Waals surface area contributed by atoms with Crippen LogP contribution in [0, 0.1) is 11.3 Å². The molecule has 1 aromatic rings. The second-order valence-corrected chi connectivity index (χ2v) is 6.62. The van der Waals surface area contributed by atoms with Crippen LogP contribution in [-0.2, 0) is 9.53 Å². The van der Waals surface area contributed by atoms with Crippen molar-refractivity contribution in [3.63, 3.8) is 0 Å². The lowest BCUT2D eigenvalue weighted by molar-refractivity contribution is -0.127. The molecule has 1 aromatic carbocycles. The second kappa shape index (κ2) is 5.71. The van der Waals surface area contributed by atoms with E-state index < -0.39 is 0 Å². The summed E-state index contributed by atoms with van der Waals surface area (Å²) in [6.07, 6.45) is 6.95. The summed E-state index contributed by atoms with van der Waals surface area (Å²) in [6, 6.07) is 7.50. The number of allylic oxidation sites excluding steroid dienone is 1. The third kappa shape index (κ3) is 2.49. The number of hydrogen-bond donors (Lipinski definition) is 0. The molecule has 0 N–H and O–H groups in total. The minimum absolute atomic E-state index is 0.0105. The Bertz CT molecular complexity index is 644. The van der Waals surface area contributed by atoms with Crippen LogP contribution in [0.4, 0.5) is 0 Å². The van der Waals surface area contributed by atoms with E-state index in [1.807, 2.05) is 18.2 Å². The van der Waals surface area contributed by atoms with Gasteiger partial charge in [-0.25, -0.2) is 4.79 Å². The fourth-order valence-corrected chi connectivity index (χ4v) is 4.09. The molecule has 0 amide bonds. The fourth-order valence-electron chi connectivity index (χ4n) is 4.09. The van der Waals surface area contributed by atoms with Crippen molar-refractivity contribution in [2.45, 2.75) is 39.0 Å². The number of benzene rings is 1. The van der Waals surface area contributed by atoms with Crippen molar-refractivity contribution in [1.29, 1.82) is 0 Å². The molecule has 2 aliphatic rings. The van der Waals surface area contributed by atoms with Crippen LogP contribution in [0.2, 0.25) is 0 Å². The van der Waals surface area contributed by atoms with Crippen molar-refractivity contribution < 1.29 is 14.3 Å². The summed E-state index contributed by atoms with van der Waals surface area (Å²) in [4.78, 5) is 23.8. The van der Waals surface area contributed by atoms with E-state index in [9.17, 15) is 9.59 Å². The molecule has 2 atom stereocenters. The first-order valence-corrected chi connectivity index (χ1v) is 7.97. The number of ketones is 1. The molecule has 3 heteroatoms. The lowest BCUT2D eigenvalue weighted by atomic mass is 9.67. The van der Waals surface area contributed by atoms with E-state index in [2.05, 4.69) is 13.0 Å². The summed E-state index contributed by atoms with van der Waals surface area (Å²) in [7, 11) is 1.39. The zero-order valence-corrected chi connectivity index (χ0v) is 13.2. The van der Waals surface area contributed by atoms with E-state index in [1.165, 1.54) is 12.7 Å². The van der Waals surface area contributed by atoms with E-state index in [0.717, 1.165) is 37.7 Å². The minimum Gasteiger partial charge on any atom is -0.465 e. The first kappa shape index (κ1) is 15.0. The topological polar surface area (TPSA) is 43.4 Å². The summed E-state index contributed by atoms with van der Waals surface area (Å²) in [5, 5.41) is 0. The van der Waals surface area contributed by atoms with E-state index >= 15 is 0 Å². The average Bonchev–Trinajstić information content (AvgIpc) is 2.85. The summed E-state index contributed by atoms with van der Waals surface area (Å²) < 4.78 is 4.78. The largest absolute Gasteiger partial charge is 0.465 e. The smallest absolute Gasteiger partial charge is 0.337 e. The van der Waals surface area contributed by atoms with Gasteiger partial charge in [0.05, 0.1) is 12.7 Å². The van der Waals surface area contributed by atoms with Gasteiger partial charge < -0.3 is 4.74 Å². The molecule has 2 fully saturated rings. The predicted octanol–water partition coefficient (Wildman–Crippen LogP) is 4.03. The zero-order chi connectivity index (χ0) is 15.7. The van der Waals surface area contributed by atoms with Gasteiger partial charge in [0, 0.05) is 12.3 Å². The second-order valence-electron chi connectivity index (χ2n) is 6.62. The van der Waals surface area contributed by atoms with Crippen LogP contribution in [0.1, 0.15) is 54.9 Å². The van der Waals surface area contributed by atoms with Crippen LogP contribution in [0.15, 0.2) is 29.8 Å². The molecule has 0 aliphatic heterocycles. The van der Waals surface area contributed by atoms with Gasteiger partial charge in [0.2, 0.25) is 0 Å². The van der Waals surface area contributed by atoms with Crippen molar-refractivity contribution >= 4 is 17.8 Å². The van der Waals surface area contributed by atoms with Crippen LogP contribution in [0.5, 0.6) is 0 Å². The van der Waals surface area contributed by atoms with Crippen LogP contribution >= 0.6 is 0 Å². The summed E-state index contributed by atoms with van der Waals surface area (Å²) in [5.74, 6) is 0.306. The summed E-state index contributed by atoms with van der Waals surface area (Å²) in [5.41, 5.74) is 2.94. The molecular weight excluding hydrogens is 276 g/mol. The molecular formula is C19H22O3. The highest BCUT2D eigenvalue weighted by molar-refractivity contribution is 5.90. The molecule has 0 spiro atoms. The average molecular weight is 298 g/mol. The van der Waals surface area contributed by atoms with Gasteiger partial charge >= 0.3 is 5.97 Å². The number of carbonyl (C=O) groups is 2. The van der Waals surface area contributed by atoms with Crippen molar-refractivity contribution in [2.24, 2.45) is 11.3 Å². The Morgan fingerprint density at radius 2 is 2.18 bits per heavy atom. The van der Waals surface area contributed by atoms with Crippen molar-refractivity contribution in [3.8, 4) is 0 Å². The van der Waals surface area contributed by atoms with Crippen molar-refractivity contribution in [3.05, 3.63) is 41.0 Å². The predicted molar refractivity (Wildman–Crippen MR) is 85.4 cm³/mol. The third-order valence-corrected chi connectivity index (χ3v) is 5.36. The van der Waals surface area contributed by atoms with Crippen LogP contribution < -0.4 is 0 Å². The number of hydrogen-bond acceptors (Lipinski definition) is 3. The SMILES string of the molecule is COC(=O)c1cccc(/C=C2\CC[C@H]3C(=O)CCC[C@]23C)c1. The number of Topliss-reactive ketones (excluding diaryl/α,β-unsaturated/α-hetero) is 1. The maximum atomic E-state index is 12.2. The number of ether oxygens (including phenoxy) is 1. The number of rotatable bonds is 2. The summed E-state index contributed by atoms with van der Waals surface area (Å²) >= 11 is 0. The van der Waals surface area contributed by atoms with Crippen LogP contribution in [-0.4, -0.2) is 18.9 Å². The standard InChI is InChI=1S/C19H22O3/c1-19-10-4-7-17(20)16(19)9-8-15(19)12-13-5-3-6-14(11-13)18(21)22-2/h3,5-6,11-12,16H,4,7-10H2,1-2H3/b15-12+/t16-,19+/m0/s1. The highest BCUT2D eigenvalue weighted by Crippen LogP contribution is 2.54. The van der Waals surface area contributed by atoms with E-state index in [-0.39, 0.29) is 17.3 Å². The minimum atomic E-state index is -0.316. The number of methoxy groups -OCH3 is 1. The first-order valence-electron chi connectivity index (χ1n) is 7.97. The number of esters is 1. The van der Waals surface area contributed by atoms with Gasteiger partial charge in [0.1, 0.15) is 5.78 Å². The maximum absolute atomic E-state index is 12.2. The molecule has 2 saturated carbocycles. The van der Waals surface area contributed by atoms with Crippen molar-refractivity contribution in [2.75, 3.05) is 7.11 Å². The van der Waals surface area contributed by atoms with Gasteiger partial charge in [-0.15, -0.1) is 0 Å². The molecule has 3 rings (SSSR count). The number of carbonyl (C=O) groups excluding carboxylic acids is 2. The third-order valence-electron chi connectivity index (χ3n) is 5.36. The molecule has 0 unspecified atom stereocenters. The first-order chi connectivity index (χ1) is 10.5. The Hall–Kier alpha value is -1.90. The Morgan fingerprint density at radius 1 is 1.36 bits per heavy atom. The quantitative estimate of drug-likeness (QED) is 0.774. The van der Waals surface area contributed by atoms with Gasteiger partial charge in [-0.05, 0) is 48.8 Å². The van der Waals surface area contributed by atoms with Crippen LogP contribution in [0.25, 0.3) is 6.08 Å². The normalized spacial score (nSPS) is 29.5. The van der Waals surface area contributed by atoms with Crippen molar-refractivity contribution in [1.82, 2.24) is 0 Å². The van der Waals surface area contributed by atoms with Crippen LogP contribution in [0.3, 0.4) is 0 Å². The molecule has 0 radical (unpaired) electrons. The van der Waals surface area contributed by atoms with E-state index in [4.69, 9.17) is 4.74 Å². The highest BCUT2D eigenvalue weighted by Gasteiger charge is 2.47. The molecule has 0 aromatic heterocycles. The van der Waals surface area contributed by atoms with Gasteiger partial charge in [-0.1, -0.05) is 30.7 Å². The van der Waals surface area contributed by atoms with Gasteiger partial charge in [0.15, 0.2) is 0 Å². The lowest BCUT2D eigenvalue weighted by Gasteiger charge is -2.36. The molecule has 0 saturated heterocycles. The molecule has 0 heterocycles.